The number of hydrogen-bond acceptors (Lipinski definition) is 4. The molecule has 2 aromatic carbocycles. The topological polar surface area (TPSA) is 68.0 Å². The number of benzene rings is 2. The van der Waals surface area contributed by atoms with Gasteiger partial charge in [-0.2, -0.15) is 4.98 Å². The first-order valence-electron chi connectivity index (χ1n) is 8.10. The zero-order valence-corrected chi connectivity index (χ0v) is 13.6. The van der Waals surface area contributed by atoms with Crippen molar-refractivity contribution in [3.05, 3.63) is 71.9 Å². The van der Waals surface area contributed by atoms with Crippen LogP contribution in [0.5, 0.6) is 0 Å². The molecule has 1 aromatic heterocycles. The van der Waals surface area contributed by atoms with Crippen LogP contribution in [-0.2, 0) is 17.8 Å². The molecule has 5 nitrogen and oxygen atoms in total. The van der Waals surface area contributed by atoms with Crippen LogP contribution in [0.1, 0.15) is 24.3 Å². The summed E-state index contributed by atoms with van der Waals surface area (Å²) in [5.74, 6) is 0.565. The van der Waals surface area contributed by atoms with Crippen LogP contribution < -0.4 is 5.32 Å². The average Bonchev–Trinajstić information content (AvgIpc) is 3.10. The number of amides is 1. The summed E-state index contributed by atoms with van der Waals surface area (Å²) in [5.41, 5.74) is 1.76. The summed E-state index contributed by atoms with van der Waals surface area (Å²) < 4.78 is 18.1. The lowest BCUT2D eigenvalue weighted by molar-refractivity contribution is -0.121. The third-order valence-corrected chi connectivity index (χ3v) is 3.70. The Hall–Kier alpha value is -3.02. The first-order valence-corrected chi connectivity index (χ1v) is 8.10. The Balaban J connectivity index is 1.43. The lowest BCUT2D eigenvalue weighted by Crippen LogP contribution is -2.22. The van der Waals surface area contributed by atoms with Crippen molar-refractivity contribution in [3.63, 3.8) is 0 Å². The maximum Gasteiger partial charge on any atom is 0.226 e. The van der Waals surface area contributed by atoms with Gasteiger partial charge in [-0.05, 0) is 36.2 Å². The summed E-state index contributed by atoms with van der Waals surface area (Å²) in [5, 5.41) is 6.76. The SMILES string of the molecule is O=C(CCCc1nc(-c2ccc(F)cc2)no1)NCc1ccccc1. The zero-order valence-electron chi connectivity index (χ0n) is 13.6. The first-order chi connectivity index (χ1) is 12.2. The minimum Gasteiger partial charge on any atom is -0.352 e. The minimum absolute atomic E-state index is 0.0119. The van der Waals surface area contributed by atoms with Gasteiger partial charge in [0.25, 0.3) is 0 Å². The van der Waals surface area contributed by atoms with Gasteiger partial charge < -0.3 is 9.84 Å². The molecule has 0 saturated heterocycles. The van der Waals surface area contributed by atoms with Crippen LogP contribution in [-0.4, -0.2) is 16.0 Å². The van der Waals surface area contributed by atoms with Crippen LogP contribution in [0.4, 0.5) is 4.39 Å². The van der Waals surface area contributed by atoms with E-state index in [9.17, 15) is 9.18 Å². The monoisotopic (exact) mass is 339 g/mol. The first kappa shape index (κ1) is 16.8. The Morgan fingerprint density at radius 1 is 1.08 bits per heavy atom. The van der Waals surface area contributed by atoms with Crippen molar-refractivity contribution in [3.8, 4) is 11.4 Å². The van der Waals surface area contributed by atoms with Gasteiger partial charge in [-0.3, -0.25) is 4.79 Å². The highest BCUT2D eigenvalue weighted by atomic mass is 19.1. The number of nitrogens with one attached hydrogen (secondary N) is 1. The number of carbonyl (C=O) groups is 1. The molecule has 25 heavy (non-hydrogen) atoms. The van der Waals surface area contributed by atoms with Crippen molar-refractivity contribution in [1.82, 2.24) is 15.5 Å². The van der Waals surface area contributed by atoms with Crippen molar-refractivity contribution in [2.24, 2.45) is 0 Å². The Kier molecular flexibility index (Phi) is 5.51. The molecule has 1 N–H and O–H groups in total. The Morgan fingerprint density at radius 2 is 1.84 bits per heavy atom. The van der Waals surface area contributed by atoms with Crippen molar-refractivity contribution >= 4 is 5.91 Å². The van der Waals surface area contributed by atoms with Gasteiger partial charge in [-0.15, -0.1) is 0 Å². The third-order valence-electron chi connectivity index (χ3n) is 3.70. The summed E-state index contributed by atoms with van der Waals surface area (Å²) in [4.78, 5) is 16.1. The van der Waals surface area contributed by atoms with Gasteiger partial charge in [-0.1, -0.05) is 35.5 Å². The maximum atomic E-state index is 12.9. The third kappa shape index (κ3) is 4.97. The second kappa shape index (κ2) is 8.19. The van der Waals surface area contributed by atoms with E-state index in [1.807, 2.05) is 30.3 Å². The fourth-order valence-electron chi connectivity index (χ4n) is 2.36. The van der Waals surface area contributed by atoms with Crippen LogP contribution in [0.2, 0.25) is 0 Å². The summed E-state index contributed by atoms with van der Waals surface area (Å²) in [7, 11) is 0. The number of hydrogen-bond donors (Lipinski definition) is 1. The Morgan fingerprint density at radius 3 is 2.60 bits per heavy atom. The predicted octanol–water partition coefficient (Wildman–Crippen LogP) is 3.51. The van der Waals surface area contributed by atoms with Crippen molar-refractivity contribution < 1.29 is 13.7 Å². The summed E-state index contributed by atoms with van der Waals surface area (Å²) in [6.45, 7) is 0.523. The van der Waals surface area contributed by atoms with E-state index < -0.39 is 0 Å². The number of nitrogens with zero attached hydrogens (tertiary/aromatic N) is 2. The molecule has 3 aromatic rings. The largest absolute Gasteiger partial charge is 0.352 e. The molecular formula is C19H18FN3O2. The lowest BCUT2D eigenvalue weighted by atomic mass is 10.2. The van der Waals surface area contributed by atoms with E-state index in [1.54, 1.807) is 12.1 Å². The van der Waals surface area contributed by atoms with E-state index in [2.05, 4.69) is 15.5 Å². The quantitative estimate of drug-likeness (QED) is 0.715. The molecule has 0 aliphatic carbocycles. The molecule has 128 valence electrons. The van der Waals surface area contributed by atoms with Crippen LogP contribution in [0.3, 0.4) is 0 Å². The molecule has 0 saturated carbocycles. The summed E-state index contributed by atoms with van der Waals surface area (Å²) in [6.07, 6.45) is 1.53. The second-order valence-corrected chi connectivity index (χ2v) is 5.63. The Labute approximate surface area is 144 Å². The van der Waals surface area contributed by atoms with E-state index in [1.165, 1.54) is 12.1 Å². The average molecular weight is 339 g/mol. The standard InChI is InChI=1S/C19H18FN3O2/c20-16-11-9-15(10-12-16)19-22-18(25-23-19)8-4-7-17(24)21-13-14-5-2-1-3-6-14/h1-3,5-6,9-12H,4,7-8,13H2,(H,21,24). The molecule has 0 unspecified atom stereocenters. The highest BCUT2D eigenvalue weighted by Crippen LogP contribution is 2.16. The number of rotatable bonds is 7. The Bertz CT molecular complexity index is 816. The molecule has 0 spiro atoms. The number of aryl methyl sites for hydroxylation is 1. The van der Waals surface area contributed by atoms with Crippen LogP contribution in [0.15, 0.2) is 59.1 Å². The molecule has 1 amide bonds. The molecule has 0 atom stereocenters. The molecule has 0 bridgehead atoms. The van der Waals surface area contributed by atoms with Gasteiger partial charge in [0, 0.05) is 24.9 Å². The second-order valence-electron chi connectivity index (χ2n) is 5.63. The fourth-order valence-corrected chi connectivity index (χ4v) is 2.36. The summed E-state index contributed by atoms with van der Waals surface area (Å²) in [6, 6.07) is 15.7. The number of halogens is 1. The van der Waals surface area contributed by atoms with Crippen molar-refractivity contribution in [2.45, 2.75) is 25.8 Å². The fraction of sp³-hybridized carbons (Fsp3) is 0.211. The van der Waals surface area contributed by atoms with Gasteiger partial charge in [0.1, 0.15) is 5.82 Å². The van der Waals surface area contributed by atoms with Gasteiger partial charge in [0.05, 0.1) is 0 Å². The van der Waals surface area contributed by atoms with Crippen LogP contribution >= 0.6 is 0 Å². The molecule has 6 heteroatoms. The van der Waals surface area contributed by atoms with Gasteiger partial charge in [0.2, 0.25) is 17.6 Å². The van der Waals surface area contributed by atoms with E-state index in [0.717, 1.165) is 5.56 Å². The van der Waals surface area contributed by atoms with E-state index in [-0.39, 0.29) is 11.7 Å². The zero-order chi connectivity index (χ0) is 17.5. The highest BCUT2D eigenvalue weighted by molar-refractivity contribution is 5.75. The molecule has 1 heterocycles. The van der Waals surface area contributed by atoms with Crippen LogP contribution in [0, 0.1) is 5.82 Å². The maximum absolute atomic E-state index is 12.9. The van der Waals surface area contributed by atoms with Crippen LogP contribution in [0.25, 0.3) is 11.4 Å². The van der Waals surface area contributed by atoms with E-state index in [4.69, 9.17) is 4.52 Å². The molecule has 0 radical (unpaired) electrons. The molecule has 0 aliphatic heterocycles. The number of carbonyl (C=O) groups excluding carboxylic acids is 1. The highest BCUT2D eigenvalue weighted by Gasteiger charge is 2.09. The van der Waals surface area contributed by atoms with Crippen molar-refractivity contribution in [1.29, 1.82) is 0 Å². The van der Waals surface area contributed by atoms with Gasteiger partial charge in [-0.25, -0.2) is 4.39 Å². The van der Waals surface area contributed by atoms with Gasteiger partial charge in [0.15, 0.2) is 0 Å². The summed E-state index contributed by atoms with van der Waals surface area (Å²) >= 11 is 0. The van der Waals surface area contributed by atoms with Crippen molar-refractivity contribution in [2.75, 3.05) is 0 Å². The molecule has 3 rings (SSSR count). The van der Waals surface area contributed by atoms with E-state index in [0.29, 0.717) is 43.1 Å². The van der Waals surface area contributed by atoms with E-state index >= 15 is 0 Å². The van der Waals surface area contributed by atoms with Gasteiger partial charge >= 0.3 is 0 Å². The molecule has 0 fully saturated rings. The normalized spacial score (nSPS) is 10.6. The smallest absolute Gasteiger partial charge is 0.226 e. The minimum atomic E-state index is -0.311. The molecule has 0 aliphatic rings. The predicted molar refractivity (Wildman–Crippen MR) is 90.9 cm³/mol. The lowest BCUT2D eigenvalue weighted by Gasteiger charge is -2.04. The molecular weight excluding hydrogens is 321 g/mol. The number of aromatic nitrogens is 2.